The van der Waals surface area contributed by atoms with Crippen molar-refractivity contribution in [2.24, 2.45) is 5.92 Å². The third-order valence-corrected chi connectivity index (χ3v) is 2.94. The summed E-state index contributed by atoms with van der Waals surface area (Å²) in [6, 6.07) is 0. The monoisotopic (exact) mass is 240 g/mol. The van der Waals surface area contributed by atoms with E-state index in [1.54, 1.807) is 6.08 Å². The Morgan fingerprint density at radius 3 is 2.47 bits per heavy atom. The Labute approximate surface area is 107 Å². The van der Waals surface area contributed by atoms with Gasteiger partial charge in [0.25, 0.3) is 0 Å². The summed E-state index contributed by atoms with van der Waals surface area (Å²) in [7, 11) is 0. The van der Waals surface area contributed by atoms with E-state index < -0.39 is 0 Å². The van der Waals surface area contributed by atoms with Gasteiger partial charge in [0.15, 0.2) is 6.29 Å². The van der Waals surface area contributed by atoms with E-state index in [9.17, 15) is 0 Å². The summed E-state index contributed by atoms with van der Waals surface area (Å²) in [5.41, 5.74) is 0. The summed E-state index contributed by atoms with van der Waals surface area (Å²) in [5.74, 6) is 1.56. The molecule has 0 amide bonds. The van der Waals surface area contributed by atoms with Crippen molar-refractivity contribution < 1.29 is 9.47 Å². The highest BCUT2D eigenvalue weighted by Gasteiger charge is 2.08. The van der Waals surface area contributed by atoms with Crippen LogP contribution in [0.3, 0.4) is 0 Å². The molecule has 0 radical (unpaired) electrons. The molecule has 2 heteroatoms. The molecule has 0 aromatic heterocycles. The van der Waals surface area contributed by atoms with E-state index in [4.69, 9.17) is 9.47 Å². The van der Waals surface area contributed by atoms with E-state index >= 15 is 0 Å². The van der Waals surface area contributed by atoms with Gasteiger partial charge in [-0.1, -0.05) is 39.7 Å². The highest BCUT2D eigenvalue weighted by atomic mass is 16.7. The van der Waals surface area contributed by atoms with Gasteiger partial charge in [-0.3, -0.25) is 0 Å². The van der Waals surface area contributed by atoms with Crippen molar-refractivity contribution in [3.63, 3.8) is 0 Å². The quantitative estimate of drug-likeness (QED) is 0.314. The van der Waals surface area contributed by atoms with Crippen LogP contribution in [-0.4, -0.2) is 12.9 Å². The molecule has 2 atom stereocenters. The first-order valence-corrected chi connectivity index (χ1v) is 6.74. The average Bonchev–Trinajstić information content (AvgIpc) is 2.34. The van der Waals surface area contributed by atoms with E-state index in [0.29, 0.717) is 0 Å². The standard InChI is InChI=1S/C15H28O2/c1-6-10-14(7-2)11-12-16-13(5)17-15(8-3)9-4/h8-9,13-14H,3,6-7,10-12H2,1-2,4-5H3/b15-9+. The summed E-state index contributed by atoms with van der Waals surface area (Å²) in [4.78, 5) is 0. The van der Waals surface area contributed by atoms with E-state index in [0.717, 1.165) is 24.7 Å². The minimum absolute atomic E-state index is 0.196. The molecular formula is C15H28O2. The zero-order valence-corrected chi connectivity index (χ0v) is 11.9. The summed E-state index contributed by atoms with van der Waals surface area (Å²) in [5, 5.41) is 0. The van der Waals surface area contributed by atoms with Crippen molar-refractivity contribution in [1.82, 2.24) is 0 Å². The summed E-state index contributed by atoms with van der Waals surface area (Å²) in [6.07, 6.45) is 8.30. The van der Waals surface area contributed by atoms with Crippen LogP contribution in [0.5, 0.6) is 0 Å². The maximum Gasteiger partial charge on any atom is 0.196 e. The Morgan fingerprint density at radius 2 is 2.00 bits per heavy atom. The normalized spacial score (nSPS) is 15.4. The van der Waals surface area contributed by atoms with Crippen LogP contribution in [0.15, 0.2) is 24.5 Å². The number of hydrogen-bond donors (Lipinski definition) is 0. The molecule has 0 aliphatic heterocycles. The van der Waals surface area contributed by atoms with Crippen LogP contribution >= 0.6 is 0 Å². The average molecular weight is 240 g/mol. The second-order valence-corrected chi connectivity index (χ2v) is 4.30. The Hall–Kier alpha value is -0.760. The molecule has 0 aromatic carbocycles. The molecule has 2 nitrogen and oxygen atoms in total. The van der Waals surface area contributed by atoms with Crippen LogP contribution < -0.4 is 0 Å². The Morgan fingerprint density at radius 1 is 1.29 bits per heavy atom. The molecule has 100 valence electrons. The molecule has 0 rings (SSSR count). The zero-order valence-electron chi connectivity index (χ0n) is 11.9. The molecule has 0 heterocycles. The third-order valence-electron chi connectivity index (χ3n) is 2.94. The highest BCUT2D eigenvalue weighted by molar-refractivity contribution is 5.06. The molecule has 0 fully saturated rings. The number of rotatable bonds is 10. The first-order valence-electron chi connectivity index (χ1n) is 6.74. The molecule has 0 aromatic rings. The van der Waals surface area contributed by atoms with Gasteiger partial charge in [-0.25, -0.2) is 0 Å². The molecule has 0 saturated carbocycles. The largest absolute Gasteiger partial charge is 0.466 e. The van der Waals surface area contributed by atoms with Crippen molar-refractivity contribution in [2.75, 3.05) is 6.61 Å². The Kier molecular flexibility index (Phi) is 9.93. The second kappa shape index (κ2) is 10.4. The fourth-order valence-electron chi connectivity index (χ4n) is 1.82. The van der Waals surface area contributed by atoms with Gasteiger partial charge in [0, 0.05) is 0 Å². The fraction of sp³-hybridized carbons (Fsp3) is 0.733. The third kappa shape index (κ3) is 8.03. The first kappa shape index (κ1) is 16.2. The van der Waals surface area contributed by atoms with Crippen LogP contribution in [0, 0.1) is 5.92 Å². The first-order chi connectivity index (χ1) is 8.17. The van der Waals surface area contributed by atoms with Crippen molar-refractivity contribution in [3.05, 3.63) is 24.5 Å². The van der Waals surface area contributed by atoms with Crippen LogP contribution in [0.2, 0.25) is 0 Å². The van der Waals surface area contributed by atoms with Gasteiger partial charge in [-0.15, -0.1) is 0 Å². The molecule has 0 spiro atoms. The summed E-state index contributed by atoms with van der Waals surface area (Å²) in [6.45, 7) is 12.8. The Balaban J connectivity index is 3.76. The molecule has 0 N–H and O–H groups in total. The Bertz CT molecular complexity index is 221. The predicted molar refractivity (Wildman–Crippen MR) is 73.8 cm³/mol. The van der Waals surface area contributed by atoms with E-state index in [1.165, 1.54) is 19.3 Å². The van der Waals surface area contributed by atoms with E-state index in [1.807, 2.05) is 19.9 Å². The van der Waals surface area contributed by atoms with Crippen LogP contribution in [0.4, 0.5) is 0 Å². The molecule has 0 aliphatic carbocycles. The van der Waals surface area contributed by atoms with E-state index in [-0.39, 0.29) is 6.29 Å². The second-order valence-electron chi connectivity index (χ2n) is 4.30. The van der Waals surface area contributed by atoms with Gasteiger partial charge >= 0.3 is 0 Å². The van der Waals surface area contributed by atoms with Crippen LogP contribution in [0.25, 0.3) is 0 Å². The fourth-order valence-corrected chi connectivity index (χ4v) is 1.82. The van der Waals surface area contributed by atoms with Gasteiger partial charge in [0.2, 0.25) is 0 Å². The highest BCUT2D eigenvalue weighted by Crippen LogP contribution is 2.15. The lowest BCUT2D eigenvalue weighted by Gasteiger charge is -2.18. The van der Waals surface area contributed by atoms with Gasteiger partial charge in [-0.2, -0.15) is 0 Å². The van der Waals surface area contributed by atoms with Crippen LogP contribution in [-0.2, 0) is 9.47 Å². The smallest absolute Gasteiger partial charge is 0.196 e. The maximum absolute atomic E-state index is 5.64. The molecule has 0 saturated heterocycles. The van der Waals surface area contributed by atoms with Crippen molar-refractivity contribution in [3.8, 4) is 0 Å². The van der Waals surface area contributed by atoms with Crippen molar-refractivity contribution in [2.45, 2.75) is 59.7 Å². The zero-order chi connectivity index (χ0) is 13.1. The maximum atomic E-state index is 5.64. The van der Waals surface area contributed by atoms with Gasteiger partial charge < -0.3 is 9.47 Å². The van der Waals surface area contributed by atoms with Crippen molar-refractivity contribution in [1.29, 1.82) is 0 Å². The predicted octanol–water partition coefficient (Wildman–Crippen LogP) is 4.67. The molecular weight excluding hydrogens is 212 g/mol. The summed E-state index contributed by atoms with van der Waals surface area (Å²) < 4.78 is 11.2. The lowest BCUT2D eigenvalue weighted by molar-refractivity contribution is -0.103. The van der Waals surface area contributed by atoms with Gasteiger partial charge in [0.1, 0.15) is 5.76 Å². The lowest BCUT2D eigenvalue weighted by Crippen LogP contribution is -2.15. The molecule has 0 aliphatic rings. The SMILES string of the molecule is C=C/C(=C\C)OC(C)OCCC(CC)CCC. The van der Waals surface area contributed by atoms with E-state index in [2.05, 4.69) is 20.4 Å². The molecule has 2 unspecified atom stereocenters. The number of allylic oxidation sites excluding steroid dienone is 2. The van der Waals surface area contributed by atoms with Gasteiger partial charge in [-0.05, 0) is 38.3 Å². The lowest BCUT2D eigenvalue weighted by atomic mass is 9.98. The van der Waals surface area contributed by atoms with Crippen LogP contribution in [0.1, 0.15) is 53.4 Å². The minimum Gasteiger partial charge on any atom is -0.466 e. The number of ether oxygens (including phenoxy) is 2. The minimum atomic E-state index is -0.196. The number of hydrogen-bond acceptors (Lipinski definition) is 2. The summed E-state index contributed by atoms with van der Waals surface area (Å²) >= 11 is 0. The molecule has 17 heavy (non-hydrogen) atoms. The van der Waals surface area contributed by atoms with Gasteiger partial charge in [0.05, 0.1) is 6.61 Å². The van der Waals surface area contributed by atoms with Crippen molar-refractivity contribution >= 4 is 0 Å². The molecule has 0 bridgehead atoms. The topological polar surface area (TPSA) is 18.5 Å².